The lowest BCUT2D eigenvalue weighted by molar-refractivity contribution is -0.126. The third-order valence-corrected chi connectivity index (χ3v) is 8.58. The minimum absolute atomic E-state index is 0.125. The van der Waals surface area contributed by atoms with Gasteiger partial charge in [0.05, 0.1) is 22.1 Å². The number of carbonyl (C=O) groups is 2. The van der Waals surface area contributed by atoms with E-state index >= 15 is 0 Å². The molecule has 0 radical (unpaired) electrons. The summed E-state index contributed by atoms with van der Waals surface area (Å²) < 4.78 is 28.3. The highest BCUT2D eigenvalue weighted by Crippen LogP contribution is 2.59. The van der Waals surface area contributed by atoms with Crippen molar-refractivity contribution in [2.24, 2.45) is 5.41 Å². The van der Waals surface area contributed by atoms with Crippen LogP contribution in [0.3, 0.4) is 0 Å². The van der Waals surface area contributed by atoms with Gasteiger partial charge in [-0.25, -0.2) is 17.2 Å². The lowest BCUT2D eigenvalue weighted by atomic mass is 10.0. The maximum Gasteiger partial charge on any atom is 0.408 e. The second-order valence-corrected chi connectivity index (χ2v) is 10.9. The fraction of sp³-hybridized carbons (Fsp3) is 0.348. The van der Waals surface area contributed by atoms with E-state index in [0.717, 1.165) is 6.42 Å². The number of aromatic nitrogens is 2. The van der Waals surface area contributed by atoms with E-state index in [1.165, 1.54) is 27.2 Å². The van der Waals surface area contributed by atoms with E-state index < -0.39 is 34.1 Å². The van der Waals surface area contributed by atoms with Crippen molar-refractivity contribution in [3.8, 4) is 0 Å². The highest BCUT2D eigenvalue weighted by molar-refractivity contribution is 7.90. The molecule has 5 rings (SSSR count). The van der Waals surface area contributed by atoms with Gasteiger partial charge in [0.2, 0.25) is 5.91 Å². The van der Waals surface area contributed by atoms with Gasteiger partial charge in [0.1, 0.15) is 6.04 Å². The van der Waals surface area contributed by atoms with E-state index in [1.54, 1.807) is 43.5 Å². The number of nitrogens with one attached hydrogen (secondary N) is 1. The van der Waals surface area contributed by atoms with Gasteiger partial charge in [0.15, 0.2) is 0 Å². The number of likely N-dealkylation sites (tertiary alicyclic amines) is 1. The van der Waals surface area contributed by atoms with Crippen LogP contribution in [-0.2, 0) is 14.8 Å². The molecule has 0 unspecified atom stereocenters. The summed E-state index contributed by atoms with van der Waals surface area (Å²) in [5.41, 5.74) is 0.652. The van der Waals surface area contributed by atoms with Crippen LogP contribution in [0.1, 0.15) is 38.4 Å². The largest absolute Gasteiger partial charge is 0.465 e. The van der Waals surface area contributed by atoms with Crippen molar-refractivity contribution >= 4 is 32.9 Å². The molecule has 172 valence electrons. The lowest BCUT2D eigenvalue weighted by Crippen LogP contribution is -2.48. The highest BCUT2D eigenvalue weighted by Gasteiger charge is 2.64. The summed E-state index contributed by atoms with van der Waals surface area (Å²) in [6, 6.07) is 9.76. The minimum Gasteiger partial charge on any atom is -0.465 e. The minimum atomic E-state index is -3.96. The van der Waals surface area contributed by atoms with Crippen LogP contribution in [0.2, 0.25) is 0 Å². The zero-order valence-electron chi connectivity index (χ0n) is 18.2. The average Bonchev–Trinajstić information content (AvgIpc) is 3.15. The Kier molecular flexibility index (Phi) is 4.75. The van der Waals surface area contributed by atoms with Crippen LogP contribution in [0.5, 0.6) is 0 Å². The molecule has 1 aliphatic carbocycles. The van der Waals surface area contributed by atoms with Crippen LogP contribution >= 0.6 is 0 Å². The second kappa shape index (κ2) is 7.31. The monoisotopic (exact) mass is 468 g/mol. The molecular weight excluding hydrogens is 444 g/mol. The molecular formula is C23H24N4O5S. The molecule has 0 spiro atoms. The van der Waals surface area contributed by atoms with Crippen LogP contribution < -0.4 is 5.32 Å². The number of pyridine rings is 1. The number of carbonyl (C=O) groups excluding carboxylic acids is 1. The number of carboxylic acid groups (broad SMARTS) is 1. The van der Waals surface area contributed by atoms with Gasteiger partial charge >= 0.3 is 6.09 Å². The maximum atomic E-state index is 13.6. The van der Waals surface area contributed by atoms with E-state index in [0.29, 0.717) is 23.0 Å². The Labute approximate surface area is 191 Å². The molecule has 4 atom stereocenters. The van der Waals surface area contributed by atoms with Crippen molar-refractivity contribution in [3.63, 3.8) is 0 Å². The molecule has 3 aromatic rings. The maximum absolute atomic E-state index is 13.6. The van der Waals surface area contributed by atoms with E-state index in [-0.39, 0.29) is 16.4 Å². The van der Waals surface area contributed by atoms with Gasteiger partial charge in [-0.3, -0.25) is 14.7 Å². The lowest BCUT2D eigenvalue weighted by Gasteiger charge is -2.26. The summed E-state index contributed by atoms with van der Waals surface area (Å²) in [4.78, 5) is 30.3. The van der Waals surface area contributed by atoms with Gasteiger partial charge in [-0.2, -0.15) is 0 Å². The number of hydrogen-bond donors (Lipinski definition) is 2. The van der Waals surface area contributed by atoms with E-state index in [9.17, 15) is 23.1 Å². The standard InChI is InChI=1S/C23H24N4O5S/c1-14(25-21(28)19-11-23(2)12-20(23)26(19)22(29)30)18-10-15-13-24-9-8-17(15)27(18)33(31,32)16-6-4-3-5-7-16/h3-10,13-14,19-20H,11-12H2,1-2H3,(H,25,28)(H,29,30)/t14-,19+,20+,23-/m1/s1. The Morgan fingerprint density at radius 3 is 2.64 bits per heavy atom. The number of rotatable bonds is 5. The van der Waals surface area contributed by atoms with Gasteiger partial charge in [0, 0.05) is 23.8 Å². The first-order chi connectivity index (χ1) is 15.6. The Hall–Kier alpha value is -3.40. The topological polar surface area (TPSA) is 122 Å². The predicted molar refractivity (Wildman–Crippen MR) is 120 cm³/mol. The number of fused-ring (bicyclic) bond motifs is 2. The van der Waals surface area contributed by atoms with Crippen LogP contribution in [0.15, 0.2) is 59.8 Å². The van der Waals surface area contributed by atoms with Crippen LogP contribution in [-0.4, -0.2) is 51.5 Å². The molecule has 2 aliphatic rings. The molecule has 9 nitrogen and oxygen atoms in total. The van der Waals surface area contributed by atoms with Crippen molar-refractivity contribution in [1.29, 1.82) is 0 Å². The Bertz CT molecular complexity index is 1370. The SMILES string of the molecule is C[C@@H](NC(=O)[C@@H]1C[C@]2(C)C[C@@H]2N1C(=O)O)c1cc2cnccc2n1S(=O)(=O)c1ccccc1. The molecule has 3 heterocycles. The Morgan fingerprint density at radius 1 is 1.21 bits per heavy atom. The summed E-state index contributed by atoms with van der Waals surface area (Å²) in [6.45, 7) is 3.68. The summed E-state index contributed by atoms with van der Waals surface area (Å²) >= 11 is 0. The molecule has 2 N–H and O–H groups in total. The molecule has 0 bridgehead atoms. The van der Waals surface area contributed by atoms with Gasteiger partial charge in [-0.1, -0.05) is 25.1 Å². The van der Waals surface area contributed by atoms with Crippen LogP contribution in [0.4, 0.5) is 4.79 Å². The number of piperidine rings is 1. The molecule has 10 heteroatoms. The van der Waals surface area contributed by atoms with Gasteiger partial charge in [-0.15, -0.1) is 0 Å². The molecule has 1 aromatic carbocycles. The summed E-state index contributed by atoms with van der Waals surface area (Å²) in [7, 11) is -3.96. The molecule has 1 saturated carbocycles. The van der Waals surface area contributed by atoms with Gasteiger partial charge in [0.25, 0.3) is 10.0 Å². The van der Waals surface area contributed by atoms with E-state index in [1.807, 2.05) is 6.92 Å². The highest BCUT2D eigenvalue weighted by atomic mass is 32.2. The second-order valence-electron chi connectivity index (χ2n) is 9.10. The van der Waals surface area contributed by atoms with Crippen molar-refractivity contribution in [1.82, 2.24) is 19.2 Å². The first-order valence-electron chi connectivity index (χ1n) is 10.7. The summed E-state index contributed by atoms with van der Waals surface area (Å²) in [5, 5.41) is 13.1. The third kappa shape index (κ3) is 3.36. The van der Waals surface area contributed by atoms with Crippen molar-refractivity contribution in [2.75, 3.05) is 0 Å². The van der Waals surface area contributed by atoms with Gasteiger partial charge in [-0.05, 0) is 49.4 Å². The number of nitrogens with zero attached hydrogens (tertiary/aromatic N) is 3. The quantitative estimate of drug-likeness (QED) is 0.594. The first-order valence-corrected chi connectivity index (χ1v) is 12.1. The van der Waals surface area contributed by atoms with E-state index in [4.69, 9.17) is 0 Å². The zero-order valence-corrected chi connectivity index (χ0v) is 19.0. The van der Waals surface area contributed by atoms with Crippen LogP contribution in [0, 0.1) is 5.41 Å². The van der Waals surface area contributed by atoms with Crippen molar-refractivity contribution in [3.05, 3.63) is 60.6 Å². The fourth-order valence-electron chi connectivity index (χ4n) is 4.98. The normalized spacial score (nSPS) is 25.0. The first kappa shape index (κ1) is 21.4. The summed E-state index contributed by atoms with van der Waals surface area (Å²) in [6.07, 6.45) is 3.19. The van der Waals surface area contributed by atoms with E-state index in [2.05, 4.69) is 10.3 Å². The van der Waals surface area contributed by atoms with Crippen LogP contribution in [0.25, 0.3) is 10.9 Å². The number of hydrogen-bond acceptors (Lipinski definition) is 5. The third-order valence-electron chi connectivity index (χ3n) is 6.83. The molecule has 1 saturated heterocycles. The Balaban J connectivity index is 1.51. The molecule has 2 aromatic heterocycles. The average molecular weight is 469 g/mol. The van der Waals surface area contributed by atoms with Crippen molar-refractivity contribution < 1.29 is 23.1 Å². The predicted octanol–water partition coefficient (Wildman–Crippen LogP) is 2.98. The molecule has 33 heavy (non-hydrogen) atoms. The molecule has 2 amide bonds. The van der Waals surface area contributed by atoms with Gasteiger partial charge < -0.3 is 10.4 Å². The Morgan fingerprint density at radius 2 is 1.94 bits per heavy atom. The fourth-order valence-corrected chi connectivity index (χ4v) is 6.61. The van der Waals surface area contributed by atoms with Crippen molar-refractivity contribution in [2.45, 2.75) is 49.7 Å². The molecule has 2 fully saturated rings. The smallest absolute Gasteiger partial charge is 0.408 e. The molecule has 1 aliphatic heterocycles. The number of benzene rings is 1. The number of amides is 2. The summed E-state index contributed by atoms with van der Waals surface area (Å²) in [5.74, 6) is -0.426. The zero-order chi connectivity index (χ0) is 23.5.